The van der Waals surface area contributed by atoms with Gasteiger partial charge in [-0.3, -0.25) is 14.5 Å². The van der Waals surface area contributed by atoms with E-state index in [4.69, 9.17) is 0 Å². The van der Waals surface area contributed by atoms with Crippen molar-refractivity contribution in [3.05, 3.63) is 47.8 Å². The van der Waals surface area contributed by atoms with Crippen molar-refractivity contribution in [2.24, 2.45) is 12.0 Å². The lowest BCUT2D eigenvalue weighted by Gasteiger charge is -2.28. The highest BCUT2D eigenvalue weighted by molar-refractivity contribution is 14.0. The van der Waals surface area contributed by atoms with E-state index < -0.39 is 0 Å². The number of aryl methyl sites for hydroxylation is 1. The van der Waals surface area contributed by atoms with Gasteiger partial charge in [-0.05, 0) is 23.8 Å². The molecule has 1 aliphatic rings. The molecule has 1 aliphatic heterocycles. The van der Waals surface area contributed by atoms with Crippen LogP contribution in [-0.2, 0) is 24.9 Å². The Morgan fingerprint density at radius 2 is 1.96 bits per heavy atom. The van der Waals surface area contributed by atoms with E-state index in [-0.39, 0.29) is 29.9 Å². The van der Waals surface area contributed by atoms with E-state index >= 15 is 0 Å². The van der Waals surface area contributed by atoms with Gasteiger partial charge in [0.1, 0.15) is 0 Å². The number of nitrogens with zero attached hydrogens (tertiary/aromatic N) is 4. The van der Waals surface area contributed by atoms with Gasteiger partial charge in [0, 0.05) is 45.6 Å². The zero-order valence-corrected chi connectivity index (χ0v) is 17.9. The highest BCUT2D eigenvalue weighted by Crippen LogP contribution is 2.16. The Morgan fingerprint density at radius 3 is 2.59 bits per heavy atom. The van der Waals surface area contributed by atoms with Crippen LogP contribution in [0.25, 0.3) is 0 Å². The average Bonchev–Trinajstić information content (AvgIpc) is 3.07. The number of hydrogen-bond donors (Lipinski definition) is 3. The number of nitrogens with one attached hydrogen (secondary N) is 3. The molecule has 1 aromatic carbocycles. The van der Waals surface area contributed by atoms with Crippen molar-refractivity contribution in [3.8, 4) is 0 Å². The molecule has 9 heteroatoms. The smallest absolute Gasteiger partial charge is 0.239 e. The molecule has 3 rings (SSSR count). The molecule has 146 valence electrons. The number of carbonyl (C=O) groups is 1. The van der Waals surface area contributed by atoms with Crippen LogP contribution in [-0.4, -0.2) is 48.3 Å². The Bertz CT molecular complexity index is 772. The number of carbonyl (C=O) groups excluding carboxylic acids is 1. The first kappa shape index (κ1) is 21.0. The maximum atomic E-state index is 11.5. The van der Waals surface area contributed by atoms with Crippen LogP contribution in [0.1, 0.15) is 11.3 Å². The molecular weight excluding hydrogens is 457 g/mol. The van der Waals surface area contributed by atoms with E-state index in [9.17, 15) is 4.79 Å². The van der Waals surface area contributed by atoms with Crippen LogP contribution in [0.15, 0.2) is 41.5 Å². The Kier molecular flexibility index (Phi) is 7.89. The number of anilines is 1. The molecule has 0 aliphatic carbocycles. The third-order valence-corrected chi connectivity index (χ3v) is 4.38. The molecule has 2 aromatic rings. The molecule has 27 heavy (non-hydrogen) atoms. The Labute approximate surface area is 176 Å². The van der Waals surface area contributed by atoms with Crippen LogP contribution in [0.2, 0.25) is 0 Å². The second-order valence-electron chi connectivity index (χ2n) is 6.16. The number of halogens is 1. The molecule has 0 bridgehead atoms. The molecule has 2 heterocycles. The SMILES string of the molecule is CN=C(NCc1ccc(N2CCNC(=O)C2)cc1)NCc1ccnn1C.I. The summed E-state index contributed by atoms with van der Waals surface area (Å²) in [4.78, 5) is 17.8. The van der Waals surface area contributed by atoms with Crippen molar-refractivity contribution >= 4 is 41.5 Å². The topological polar surface area (TPSA) is 86.6 Å². The number of aromatic nitrogens is 2. The third kappa shape index (κ3) is 5.84. The van der Waals surface area contributed by atoms with Gasteiger partial charge in [-0.25, -0.2) is 0 Å². The lowest BCUT2D eigenvalue weighted by Crippen LogP contribution is -2.47. The molecule has 0 unspecified atom stereocenters. The van der Waals surface area contributed by atoms with E-state index in [1.165, 1.54) is 0 Å². The van der Waals surface area contributed by atoms with E-state index in [0.29, 0.717) is 26.2 Å². The van der Waals surface area contributed by atoms with Gasteiger partial charge in [-0.2, -0.15) is 5.10 Å². The molecule has 3 N–H and O–H groups in total. The summed E-state index contributed by atoms with van der Waals surface area (Å²) in [7, 11) is 3.67. The van der Waals surface area contributed by atoms with Crippen molar-refractivity contribution in [2.45, 2.75) is 13.1 Å². The van der Waals surface area contributed by atoms with Crippen LogP contribution >= 0.6 is 24.0 Å². The van der Waals surface area contributed by atoms with Crippen molar-refractivity contribution in [2.75, 3.05) is 31.6 Å². The van der Waals surface area contributed by atoms with E-state index in [1.807, 2.05) is 17.8 Å². The average molecular weight is 483 g/mol. The summed E-state index contributed by atoms with van der Waals surface area (Å²) in [5, 5.41) is 13.6. The minimum absolute atomic E-state index is 0. The molecule has 1 aromatic heterocycles. The predicted octanol–water partition coefficient (Wildman–Crippen LogP) is 0.840. The summed E-state index contributed by atoms with van der Waals surface area (Å²) in [6.45, 7) is 3.29. The van der Waals surface area contributed by atoms with Gasteiger partial charge in [-0.1, -0.05) is 12.1 Å². The number of guanidine groups is 1. The molecule has 1 amide bonds. The summed E-state index contributed by atoms with van der Waals surface area (Å²) in [5.41, 5.74) is 3.31. The van der Waals surface area contributed by atoms with Crippen molar-refractivity contribution in [1.82, 2.24) is 25.7 Å². The normalized spacial score (nSPS) is 14.4. The highest BCUT2D eigenvalue weighted by atomic mass is 127. The van der Waals surface area contributed by atoms with Gasteiger partial charge in [0.2, 0.25) is 5.91 Å². The first-order chi connectivity index (χ1) is 12.7. The van der Waals surface area contributed by atoms with Gasteiger partial charge in [0.15, 0.2) is 5.96 Å². The van der Waals surface area contributed by atoms with Gasteiger partial charge in [0.25, 0.3) is 0 Å². The molecule has 1 saturated heterocycles. The van der Waals surface area contributed by atoms with E-state index in [0.717, 1.165) is 29.4 Å². The Balaban J connectivity index is 0.00000261. The standard InChI is InChI=1S/C18H25N7O.HI/c1-19-18(22-12-16-7-8-23-24(16)2)21-11-14-3-5-15(6-4-14)25-10-9-20-17(26)13-25;/h3-8H,9-13H2,1-2H3,(H,20,26)(H2,19,21,22);1H. The minimum atomic E-state index is 0. The number of aliphatic imine (C=N–C) groups is 1. The molecular formula is C18H26IN7O. The molecule has 8 nitrogen and oxygen atoms in total. The fourth-order valence-corrected chi connectivity index (χ4v) is 2.84. The van der Waals surface area contributed by atoms with Crippen LogP contribution < -0.4 is 20.9 Å². The number of benzene rings is 1. The first-order valence-corrected chi connectivity index (χ1v) is 8.67. The fourth-order valence-electron chi connectivity index (χ4n) is 2.84. The van der Waals surface area contributed by atoms with Crippen LogP contribution in [0.5, 0.6) is 0 Å². The number of rotatable bonds is 5. The molecule has 0 radical (unpaired) electrons. The predicted molar refractivity (Wildman–Crippen MR) is 117 cm³/mol. The second-order valence-corrected chi connectivity index (χ2v) is 6.16. The zero-order valence-electron chi connectivity index (χ0n) is 15.6. The lowest BCUT2D eigenvalue weighted by molar-refractivity contribution is -0.120. The summed E-state index contributed by atoms with van der Waals surface area (Å²) in [6, 6.07) is 10.2. The zero-order chi connectivity index (χ0) is 18.4. The number of hydrogen-bond acceptors (Lipinski definition) is 4. The second kappa shape index (κ2) is 10.1. The van der Waals surface area contributed by atoms with Gasteiger partial charge < -0.3 is 20.9 Å². The van der Waals surface area contributed by atoms with Crippen LogP contribution in [0.3, 0.4) is 0 Å². The fraction of sp³-hybridized carbons (Fsp3) is 0.389. The third-order valence-electron chi connectivity index (χ3n) is 4.38. The summed E-state index contributed by atoms with van der Waals surface area (Å²) < 4.78 is 1.83. The minimum Gasteiger partial charge on any atom is -0.360 e. The summed E-state index contributed by atoms with van der Waals surface area (Å²) in [5.74, 6) is 0.813. The summed E-state index contributed by atoms with van der Waals surface area (Å²) in [6.07, 6.45) is 1.78. The quantitative estimate of drug-likeness (QED) is 0.334. The first-order valence-electron chi connectivity index (χ1n) is 8.67. The van der Waals surface area contributed by atoms with E-state index in [2.05, 4.69) is 55.2 Å². The van der Waals surface area contributed by atoms with Crippen molar-refractivity contribution in [3.63, 3.8) is 0 Å². The van der Waals surface area contributed by atoms with Gasteiger partial charge >= 0.3 is 0 Å². The molecule has 1 fully saturated rings. The lowest BCUT2D eigenvalue weighted by atomic mass is 10.2. The maximum Gasteiger partial charge on any atom is 0.239 e. The molecule has 0 atom stereocenters. The maximum absolute atomic E-state index is 11.5. The van der Waals surface area contributed by atoms with Crippen LogP contribution in [0, 0.1) is 0 Å². The number of piperazine rings is 1. The Morgan fingerprint density at radius 1 is 1.22 bits per heavy atom. The largest absolute Gasteiger partial charge is 0.360 e. The van der Waals surface area contributed by atoms with Gasteiger partial charge in [-0.15, -0.1) is 24.0 Å². The monoisotopic (exact) mass is 483 g/mol. The van der Waals surface area contributed by atoms with Crippen LogP contribution in [0.4, 0.5) is 5.69 Å². The molecule has 0 saturated carbocycles. The van der Waals surface area contributed by atoms with Crippen molar-refractivity contribution in [1.29, 1.82) is 0 Å². The number of amides is 1. The summed E-state index contributed by atoms with van der Waals surface area (Å²) >= 11 is 0. The highest BCUT2D eigenvalue weighted by Gasteiger charge is 2.16. The van der Waals surface area contributed by atoms with Crippen molar-refractivity contribution < 1.29 is 4.79 Å². The van der Waals surface area contributed by atoms with E-state index in [1.54, 1.807) is 13.2 Å². The molecule has 0 spiro atoms. The Hall–Kier alpha value is -2.30. The van der Waals surface area contributed by atoms with Gasteiger partial charge in [0.05, 0.1) is 18.8 Å².